The molecule has 1 aliphatic rings. The molecule has 15 heavy (non-hydrogen) atoms. The van der Waals surface area contributed by atoms with Crippen LogP contribution < -0.4 is 0 Å². The topological polar surface area (TPSA) is 37.5 Å². The number of hydrogen-bond acceptors (Lipinski definition) is 3. The van der Waals surface area contributed by atoms with Crippen molar-refractivity contribution in [2.24, 2.45) is 0 Å². The van der Waals surface area contributed by atoms with Gasteiger partial charge in [-0.05, 0) is 12.8 Å². The van der Waals surface area contributed by atoms with Crippen LogP contribution in [-0.4, -0.2) is 20.1 Å². The zero-order chi connectivity index (χ0) is 10.3. The predicted molar refractivity (Wildman–Crippen MR) is 60.2 cm³/mol. The summed E-state index contributed by atoms with van der Waals surface area (Å²) in [6.07, 6.45) is 8.91. The van der Waals surface area contributed by atoms with Crippen molar-refractivity contribution in [2.45, 2.75) is 37.7 Å². The van der Waals surface area contributed by atoms with E-state index >= 15 is 0 Å². The Hall–Kier alpha value is -0.870. The van der Waals surface area contributed by atoms with Gasteiger partial charge < -0.3 is 5.11 Å². The lowest BCUT2D eigenvalue weighted by atomic mass is 9.96. The molecular weight excluding hydrogens is 208 g/mol. The van der Waals surface area contributed by atoms with Crippen LogP contribution in [0.5, 0.6) is 0 Å². The van der Waals surface area contributed by atoms with Crippen molar-refractivity contribution in [3.8, 4) is 0 Å². The van der Waals surface area contributed by atoms with Crippen molar-refractivity contribution in [3.05, 3.63) is 23.5 Å². The standard InChI is InChI=1S/C11H14N2OS/c14-11(3-1-2-4-11)7-9-8-13-5-6-15-10(13)12-9/h5-6,8,14H,1-4,7H2. The first-order valence-electron chi connectivity index (χ1n) is 5.39. The molecule has 1 saturated carbocycles. The van der Waals surface area contributed by atoms with E-state index in [1.165, 1.54) is 0 Å². The molecule has 0 aromatic carbocycles. The monoisotopic (exact) mass is 222 g/mol. The Morgan fingerprint density at radius 1 is 1.47 bits per heavy atom. The molecule has 2 heterocycles. The third-order valence-corrected chi connectivity index (χ3v) is 3.96. The smallest absolute Gasteiger partial charge is 0.193 e. The third-order valence-electron chi connectivity index (χ3n) is 3.19. The molecule has 1 aliphatic carbocycles. The molecule has 0 aliphatic heterocycles. The van der Waals surface area contributed by atoms with Crippen molar-refractivity contribution in [1.82, 2.24) is 9.38 Å². The van der Waals surface area contributed by atoms with Crippen LogP contribution in [0, 0.1) is 0 Å². The van der Waals surface area contributed by atoms with Gasteiger partial charge in [-0.2, -0.15) is 0 Å². The van der Waals surface area contributed by atoms with Crippen molar-refractivity contribution >= 4 is 16.3 Å². The number of imidazole rings is 1. The number of rotatable bonds is 2. The SMILES string of the molecule is OC1(Cc2cn3ccsc3n2)CCCC1. The van der Waals surface area contributed by atoms with Gasteiger partial charge >= 0.3 is 0 Å². The quantitative estimate of drug-likeness (QED) is 0.846. The highest BCUT2D eigenvalue weighted by Crippen LogP contribution is 2.32. The van der Waals surface area contributed by atoms with E-state index in [1.54, 1.807) is 11.3 Å². The van der Waals surface area contributed by atoms with Crippen LogP contribution in [0.15, 0.2) is 17.8 Å². The molecule has 0 bridgehead atoms. The summed E-state index contributed by atoms with van der Waals surface area (Å²) < 4.78 is 2.03. The van der Waals surface area contributed by atoms with E-state index in [4.69, 9.17) is 0 Å². The molecule has 0 atom stereocenters. The lowest BCUT2D eigenvalue weighted by molar-refractivity contribution is 0.0473. The first-order valence-corrected chi connectivity index (χ1v) is 6.27. The molecule has 0 amide bonds. The number of thiazole rings is 1. The minimum absolute atomic E-state index is 0.482. The Kier molecular flexibility index (Phi) is 2.07. The second kappa shape index (κ2) is 3.32. The molecule has 3 nitrogen and oxygen atoms in total. The van der Waals surface area contributed by atoms with E-state index in [0.717, 1.165) is 36.3 Å². The number of hydrogen-bond donors (Lipinski definition) is 1. The van der Waals surface area contributed by atoms with Crippen LogP contribution in [0.2, 0.25) is 0 Å². The van der Waals surface area contributed by atoms with Crippen LogP contribution in [0.25, 0.3) is 4.96 Å². The van der Waals surface area contributed by atoms with E-state index in [9.17, 15) is 5.11 Å². The Morgan fingerprint density at radius 2 is 2.27 bits per heavy atom. The van der Waals surface area contributed by atoms with Crippen molar-refractivity contribution in [1.29, 1.82) is 0 Å². The molecule has 1 fully saturated rings. The Balaban J connectivity index is 1.85. The molecular formula is C11H14N2OS. The molecule has 80 valence electrons. The minimum atomic E-state index is -0.482. The first kappa shape index (κ1) is 9.36. The molecule has 2 aromatic rings. The third kappa shape index (κ3) is 1.68. The van der Waals surface area contributed by atoms with Gasteiger partial charge in [-0.25, -0.2) is 4.98 Å². The average molecular weight is 222 g/mol. The molecule has 1 N–H and O–H groups in total. The summed E-state index contributed by atoms with van der Waals surface area (Å²) >= 11 is 1.64. The highest BCUT2D eigenvalue weighted by Gasteiger charge is 2.31. The summed E-state index contributed by atoms with van der Waals surface area (Å²) in [6.45, 7) is 0. The Morgan fingerprint density at radius 3 is 3.00 bits per heavy atom. The number of fused-ring (bicyclic) bond motifs is 1. The summed E-state index contributed by atoms with van der Waals surface area (Å²) in [5, 5.41) is 12.3. The lowest BCUT2D eigenvalue weighted by Crippen LogP contribution is -2.27. The van der Waals surface area contributed by atoms with Crippen LogP contribution in [-0.2, 0) is 6.42 Å². The van der Waals surface area contributed by atoms with Crippen molar-refractivity contribution < 1.29 is 5.11 Å². The van der Waals surface area contributed by atoms with Crippen LogP contribution in [0.1, 0.15) is 31.4 Å². The zero-order valence-corrected chi connectivity index (χ0v) is 9.33. The van der Waals surface area contributed by atoms with Gasteiger partial charge in [-0.1, -0.05) is 12.8 Å². The van der Waals surface area contributed by atoms with Crippen molar-refractivity contribution in [2.75, 3.05) is 0 Å². The second-order valence-corrected chi connectivity index (χ2v) is 5.31. The van der Waals surface area contributed by atoms with Crippen LogP contribution in [0.3, 0.4) is 0 Å². The number of aromatic nitrogens is 2. The average Bonchev–Trinajstić information content (AvgIpc) is 2.80. The van der Waals surface area contributed by atoms with Gasteiger partial charge in [-0.3, -0.25) is 4.40 Å². The summed E-state index contributed by atoms with van der Waals surface area (Å²) in [5.41, 5.74) is 0.538. The van der Waals surface area contributed by atoms with Gasteiger partial charge in [0.05, 0.1) is 11.3 Å². The van der Waals surface area contributed by atoms with Gasteiger partial charge in [0.1, 0.15) is 0 Å². The van der Waals surface area contributed by atoms with E-state index in [1.807, 2.05) is 22.2 Å². The Bertz CT molecular complexity index is 439. The number of aliphatic hydroxyl groups is 1. The molecule has 2 aromatic heterocycles. The molecule has 4 heteroatoms. The fourth-order valence-corrected chi connectivity index (χ4v) is 3.13. The van der Waals surface area contributed by atoms with Crippen molar-refractivity contribution in [3.63, 3.8) is 0 Å². The minimum Gasteiger partial charge on any atom is -0.389 e. The highest BCUT2D eigenvalue weighted by atomic mass is 32.1. The fraction of sp³-hybridized carbons (Fsp3) is 0.545. The van der Waals surface area contributed by atoms with Gasteiger partial charge in [0.2, 0.25) is 0 Å². The maximum atomic E-state index is 10.3. The largest absolute Gasteiger partial charge is 0.389 e. The molecule has 3 rings (SSSR count). The maximum Gasteiger partial charge on any atom is 0.193 e. The first-order chi connectivity index (χ1) is 7.25. The second-order valence-electron chi connectivity index (χ2n) is 4.43. The van der Waals surface area contributed by atoms with Gasteiger partial charge in [-0.15, -0.1) is 11.3 Å². The predicted octanol–water partition coefficient (Wildman–Crippen LogP) is 2.24. The lowest BCUT2D eigenvalue weighted by Gasteiger charge is -2.20. The van der Waals surface area contributed by atoms with E-state index < -0.39 is 5.60 Å². The molecule has 0 saturated heterocycles. The maximum absolute atomic E-state index is 10.3. The van der Waals surface area contributed by atoms with E-state index in [2.05, 4.69) is 4.98 Å². The summed E-state index contributed by atoms with van der Waals surface area (Å²) in [4.78, 5) is 5.52. The highest BCUT2D eigenvalue weighted by molar-refractivity contribution is 7.15. The summed E-state index contributed by atoms with van der Waals surface area (Å²) in [6, 6.07) is 0. The molecule has 0 unspecified atom stereocenters. The molecule has 0 radical (unpaired) electrons. The van der Waals surface area contributed by atoms with Gasteiger partial charge in [0, 0.05) is 24.2 Å². The van der Waals surface area contributed by atoms with Gasteiger partial charge in [0.25, 0.3) is 0 Å². The van der Waals surface area contributed by atoms with Gasteiger partial charge in [0.15, 0.2) is 4.96 Å². The van der Waals surface area contributed by atoms with E-state index in [0.29, 0.717) is 6.42 Å². The van der Waals surface area contributed by atoms with Crippen LogP contribution >= 0.6 is 11.3 Å². The fourth-order valence-electron chi connectivity index (χ4n) is 2.41. The summed E-state index contributed by atoms with van der Waals surface area (Å²) in [7, 11) is 0. The zero-order valence-electron chi connectivity index (χ0n) is 8.52. The molecule has 0 spiro atoms. The van der Waals surface area contributed by atoms with E-state index in [-0.39, 0.29) is 0 Å². The normalized spacial score (nSPS) is 20.1. The Labute approximate surface area is 92.4 Å². The number of nitrogens with zero attached hydrogens (tertiary/aromatic N) is 2. The summed E-state index contributed by atoms with van der Waals surface area (Å²) in [5.74, 6) is 0. The van der Waals surface area contributed by atoms with Crippen LogP contribution in [0.4, 0.5) is 0 Å².